The van der Waals surface area contributed by atoms with Crippen molar-refractivity contribution in [1.29, 1.82) is 0 Å². The zero-order valence-corrected chi connectivity index (χ0v) is 19.8. The van der Waals surface area contributed by atoms with E-state index in [4.69, 9.17) is 9.47 Å². The number of carbonyl (C=O) groups excluding carboxylic acids is 2. The summed E-state index contributed by atoms with van der Waals surface area (Å²) in [5, 5.41) is 10.9. The first-order valence-corrected chi connectivity index (χ1v) is 11.5. The normalized spacial score (nSPS) is 14.8. The van der Waals surface area contributed by atoms with E-state index >= 15 is 0 Å². The monoisotopic (exact) mass is 530 g/mol. The molecule has 0 N–H and O–H groups in total. The Kier molecular flexibility index (Phi) is 7.21. The number of thioether (sulfide) groups is 1. The maximum absolute atomic E-state index is 13.0. The van der Waals surface area contributed by atoms with Crippen LogP contribution in [0.3, 0.4) is 0 Å². The largest absolute Gasteiger partial charge is 0.490 e. The van der Waals surface area contributed by atoms with Gasteiger partial charge in [0.2, 0.25) is 5.75 Å². The molecule has 0 atom stereocenters. The van der Waals surface area contributed by atoms with Crippen molar-refractivity contribution in [3.63, 3.8) is 0 Å². The average molecular weight is 530 g/mol. The molecule has 4 rings (SSSR count). The van der Waals surface area contributed by atoms with Gasteiger partial charge in [-0.15, -0.1) is 0 Å². The van der Waals surface area contributed by atoms with Crippen LogP contribution < -0.4 is 14.4 Å². The average Bonchev–Trinajstić information content (AvgIpc) is 3.13. The number of para-hydroxylation sites is 1. The van der Waals surface area contributed by atoms with E-state index in [1.54, 1.807) is 37.3 Å². The maximum Gasteiger partial charge on any atom is 0.416 e. The molecule has 3 aromatic rings. The fourth-order valence-corrected chi connectivity index (χ4v) is 4.27. The van der Waals surface area contributed by atoms with Crippen LogP contribution in [0.1, 0.15) is 18.1 Å². The minimum Gasteiger partial charge on any atom is -0.490 e. The van der Waals surface area contributed by atoms with Gasteiger partial charge in [-0.2, -0.15) is 13.2 Å². The maximum atomic E-state index is 13.0. The zero-order chi connectivity index (χ0) is 26.7. The number of hydrogen-bond donors (Lipinski definition) is 0. The Morgan fingerprint density at radius 2 is 1.70 bits per heavy atom. The van der Waals surface area contributed by atoms with Crippen molar-refractivity contribution in [3.05, 3.63) is 92.9 Å². The van der Waals surface area contributed by atoms with Crippen molar-refractivity contribution in [2.75, 3.05) is 11.5 Å². The van der Waals surface area contributed by atoms with Gasteiger partial charge in [-0.1, -0.05) is 24.3 Å². The minimum absolute atomic E-state index is 0.0132. The second-order valence-corrected chi connectivity index (χ2v) is 8.52. The van der Waals surface area contributed by atoms with E-state index in [2.05, 4.69) is 0 Å². The van der Waals surface area contributed by atoms with Gasteiger partial charge in [0.15, 0.2) is 11.5 Å². The molecule has 0 spiro atoms. The summed E-state index contributed by atoms with van der Waals surface area (Å²) in [6, 6.07) is 14.8. The van der Waals surface area contributed by atoms with Gasteiger partial charge in [-0.3, -0.25) is 19.7 Å². The Labute approximate surface area is 212 Å². The number of nitro groups is 1. The first kappa shape index (κ1) is 25.8. The lowest BCUT2D eigenvalue weighted by Gasteiger charge is -2.14. The molecule has 0 unspecified atom stereocenters. The van der Waals surface area contributed by atoms with E-state index in [-0.39, 0.29) is 23.0 Å². The molecule has 0 aliphatic carbocycles. The standard InChI is InChI=1S/C25H17F3N2O6S/c1-2-35-21-12-15(13-22-23(31)29(24(32)37-22)17-6-4-3-5-7-17)8-10-20(21)36-19-11-9-16(25(26,27)28)14-18(19)30(33)34/h3-14H,2H2,1H3/b22-13-. The van der Waals surface area contributed by atoms with Crippen LogP contribution in [0.2, 0.25) is 0 Å². The second-order valence-electron chi connectivity index (χ2n) is 7.53. The molecule has 1 aliphatic heterocycles. The molecule has 2 amide bonds. The van der Waals surface area contributed by atoms with E-state index in [0.29, 0.717) is 23.4 Å². The Bertz CT molecular complexity index is 1410. The van der Waals surface area contributed by atoms with E-state index in [0.717, 1.165) is 22.7 Å². The molecule has 0 saturated carbocycles. The molecule has 1 aliphatic rings. The highest BCUT2D eigenvalue weighted by Gasteiger charge is 2.36. The molecule has 1 saturated heterocycles. The number of benzene rings is 3. The molecule has 12 heteroatoms. The van der Waals surface area contributed by atoms with Crippen LogP contribution in [0.5, 0.6) is 17.2 Å². The lowest BCUT2D eigenvalue weighted by molar-refractivity contribution is -0.385. The Balaban J connectivity index is 1.64. The fourth-order valence-electron chi connectivity index (χ4n) is 3.43. The van der Waals surface area contributed by atoms with Gasteiger partial charge < -0.3 is 9.47 Å². The van der Waals surface area contributed by atoms with Crippen LogP contribution in [0, 0.1) is 10.1 Å². The number of alkyl halides is 3. The van der Waals surface area contributed by atoms with Crippen molar-refractivity contribution in [2.24, 2.45) is 0 Å². The first-order chi connectivity index (χ1) is 17.6. The van der Waals surface area contributed by atoms with Crippen molar-refractivity contribution in [3.8, 4) is 17.2 Å². The number of halogens is 3. The lowest BCUT2D eigenvalue weighted by Crippen LogP contribution is -2.27. The predicted octanol–water partition coefficient (Wildman–Crippen LogP) is 7.05. The van der Waals surface area contributed by atoms with Crippen molar-refractivity contribution < 1.29 is 37.2 Å². The van der Waals surface area contributed by atoms with Gasteiger partial charge in [-0.05, 0) is 66.7 Å². The molecule has 0 aromatic heterocycles. The Morgan fingerprint density at radius 1 is 1.00 bits per heavy atom. The number of nitro benzene ring substituents is 1. The summed E-state index contributed by atoms with van der Waals surface area (Å²) in [6.45, 7) is 1.86. The van der Waals surface area contributed by atoms with Crippen LogP contribution in [-0.2, 0) is 11.0 Å². The Morgan fingerprint density at radius 3 is 2.35 bits per heavy atom. The SMILES string of the molecule is CCOc1cc(/C=C2\SC(=O)N(c3ccccc3)C2=O)ccc1Oc1ccc(C(F)(F)F)cc1[N+](=O)[O-]. The number of hydrogen-bond acceptors (Lipinski definition) is 7. The van der Waals surface area contributed by atoms with Crippen molar-refractivity contribution in [1.82, 2.24) is 0 Å². The number of imide groups is 1. The van der Waals surface area contributed by atoms with Gasteiger partial charge >= 0.3 is 11.9 Å². The van der Waals surface area contributed by atoms with E-state index in [1.165, 1.54) is 24.3 Å². The highest BCUT2D eigenvalue weighted by molar-refractivity contribution is 8.19. The smallest absolute Gasteiger partial charge is 0.416 e. The van der Waals surface area contributed by atoms with Gasteiger partial charge in [0, 0.05) is 6.07 Å². The molecule has 37 heavy (non-hydrogen) atoms. The number of rotatable bonds is 7. The van der Waals surface area contributed by atoms with Gasteiger partial charge in [-0.25, -0.2) is 4.90 Å². The first-order valence-electron chi connectivity index (χ1n) is 10.7. The summed E-state index contributed by atoms with van der Waals surface area (Å²) in [6.07, 6.45) is -3.28. The van der Waals surface area contributed by atoms with Crippen LogP contribution in [0.4, 0.5) is 29.3 Å². The van der Waals surface area contributed by atoms with E-state index in [9.17, 15) is 32.9 Å². The fraction of sp³-hybridized carbons (Fsp3) is 0.120. The molecule has 190 valence electrons. The minimum atomic E-state index is -4.76. The number of amides is 2. The highest BCUT2D eigenvalue weighted by atomic mass is 32.2. The van der Waals surface area contributed by atoms with Crippen LogP contribution in [-0.4, -0.2) is 22.7 Å². The lowest BCUT2D eigenvalue weighted by atomic mass is 10.1. The quantitative estimate of drug-likeness (QED) is 0.183. The molecule has 1 heterocycles. The van der Waals surface area contributed by atoms with Crippen molar-refractivity contribution >= 4 is 40.4 Å². The molecule has 8 nitrogen and oxygen atoms in total. The topological polar surface area (TPSA) is 99.0 Å². The number of nitrogens with zero attached hydrogens (tertiary/aromatic N) is 2. The Hall–Kier alpha value is -4.32. The second kappa shape index (κ2) is 10.3. The summed E-state index contributed by atoms with van der Waals surface area (Å²) in [5.41, 5.74) is -1.14. The molecular formula is C25H17F3N2O6S. The molecule has 0 bridgehead atoms. The highest BCUT2D eigenvalue weighted by Crippen LogP contribution is 2.41. The summed E-state index contributed by atoms with van der Waals surface area (Å²) in [7, 11) is 0. The van der Waals surface area contributed by atoms with E-state index < -0.39 is 39.2 Å². The third kappa shape index (κ3) is 5.59. The number of ether oxygens (including phenoxy) is 2. The summed E-state index contributed by atoms with van der Waals surface area (Å²) in [5.74, 6) is -0.762. The van der Waals surface area contributed by atoms with Gasteiger partial charge in [0.1, 0.15) is 0 Å². The summed E-state index contributed by atoms with van der Waals surface area (Å²) >= 11 is 0.766. The van der Waals surface area contributed by atoms with Crippen molar-refractivity contribution in [2.45, 2.75) is 13.1 Å². The number of anilines is 1. The van der Waals surface area contributed by atoms with Gasteiger partial charge in [0.05, 0.1) is 27.7 Å². The third-order valence-corrected chi connectivity index (χ3v) is 5.95. The summed E-state index contributed by atoms with van der Waals surface area (Å²) in [4.78, 5) is 36.9. The van der Waals surface area contributed by atoms with Gasteiger partial charge in [0.25, 0.3) is 11.1 Å². The molecule has 1 fully saturated rings. The number of carbonyl (C=O) groups is 2. The third-order valence-electron chi connectivity index (χ3n) is 5.08. The van der Waals surface area contributed by atoms with E-state index in [1.807, 2.05) is 0 Å². The van der Waals surface area contributed by atoms with Crippen LogP contribution >= 0.6 is 11.8 Å². The predicted molar refractivity (Wildman–Crippen MR) is 131 cm³/mol. The molecular weight excluding hydrogens is 513 g/mol. The van der Waals surface area contributed by atoms with Crippen LogP contribution in [0.25, 0.3) is 6.08 Å². The summed E-state index contributed by atoms with van der Waals surface area (Å²) < 4.78 is 50.1. The molecule has 0 radical (unpaired) electrons. The zero-order valence-electron chi connectivity index (χ0n) is 19.0. The van der Waals surface area contributed by atoms with Crippen LogP contribution in [0.15, 0.2) is 71.6 Å². The molecule has 3 aromatic carbocycles.